The summed E-state index contributed by atoms with van der Waals surface area (Å²) in [7, 11) is 1.64. The Morgan fingerprint density at radius 1 is 1.25 bits per heavy atom. The van der Waals surface area contributed by atoms with E-state index in [9.17, 15) is 4.79 Å². The maximum atomic E-state index is 12.9. The number of aromatic nitrogens is 3. The lowest BCUT2D eigenvalue weighted by atomic mass is 10.2. The predicted molar refractivity (Wildman–Crippen MR) is 107 cm³/mol. The standard InChI is InChI=1S/C21H23N5O2/c1-15-13-25(14-24-15)19-4-3-17(11-20(19)28-2)26-10-7-18(21(26)27)23-12-16-5-8-22-9-6-16/h3-6,8-9,11,13-14,18,23H,7,10,12H2,1-2H3. The minimum absolute atomic E-state index is 0.0855. The molecule has 0 spiro atoms. The normalized spacial score (nSPS) is 16.6. The van der Waals surface area contributed by atoms with Crippen LogP contribution in [-0.2, 0) is 11.3 Å². The predicted octanol–water partition coefficient (Wildman–Crippen LogP) is 2.48. The SMILES string of the molecule is COc1cc(N2CCC(NCc3ccncc3)C2=O)ccc1-n1cnc(C)c1. The van der Waals surface area contributed by atoms with E-state index in [4.69, 9.17) is 4.74 Å². The number of aryl methyl sites for hydroxylation is 1. The summed E-state index contributed by atoms with van der Waals surface area (Å²) in [5.41, 5.74) is 3.79. The van der Waals surface area contributed by atoms with Gasteiger partial charge >= 0.3 is 0 Å². The van der Waals surface area contributed by atoms with Crippen molar-refractivity contribution < 1.29 is 9.53 Å². The molecule has 144 valence electrons. The zero-order valence-corrected chi connectivity index (χ0v) is 16.0. The lowest BCUT2D eigenvalue weighted by molar-refractivity contribution is -0.118. The highest BCUT2D eigenvalue weighted by atomic mass is 16.5. The van der Waals surface area contributed by atoms with E-state index < -0.39 is 0 Å². The zero-order valence-electron chi connectivity index (χ0n) is 16.0. The van der Waals surface area contributed by atoms with E-state index in [0.717, 1.165) is 29.1 Å². The summed E-state index contributed by atoms with van der Waals surface area (Å²) in [5.74, 6) is 0.790. The number of rotatable bonds is 6. The van der Waals surface area contributed by atoms with Gasteiger partial charge in [-0.05, 0) is 43.2 Å². The molecule has 1 aliphatic heterocycles. The molecule has 1 saturated heterocycles. The minimum Gasteiger partial charge on any atom is -0.494 e. The number of nitrogens with zero attached hydrogens (tertiary/aromatic N) is 4. The number of imidazole rings is 1. The Kier molecular flexibility index (Phi) is 5.08. The molecule has 0 bridgehead atoms. The van der Waals surface area contributed by atoms with Crippen LogP contribution in [-0.4, -0.2) is 40.1 Å². The minimum atomic E-state index is -0.185. The van der Waals surface area contributed by atoms with Gasteiger partial charge in [-0.3, -0.25) is 9.78 Å². The van der Waals surface area contributed by atoms with Gasteiger partial charge in [0.15, 0.2) is 0 Å². The van der Waals surface area contributed by atoms with Crippen molar-refractivity contribution in [3.63, 3.8) is 0 Å². The number of hydrogen-bond donors (Lipinski definition) is 1. The second kappa shape index (κ2) is 7.82. The Balaban J connectivity index is 1.49. The average Bonchev–Trinajstić information content (AvgIpc) is 3.32. The molecule has 7 heteroatoms. The van der Waals surface area contributed by atoms with Gasteiger partial charge in [-0.1, -0.05) is 0 Å². The van der Waals surface area contributed by atoms with E-state index in [0.29, 0.717) is 18.8 Å². The molecule has 0 saturated carbocycles. The summed E-state index contributed by atoms with van der Waals surface area (Å²) in [6.07, 6.45) is 7.99. The summed E-state index contributed by atoms with van der Waals surface area (Å²) >= 11 is 0. The van der Waals surface area contributed by atoms with Crippen LogP contribution in [0.3, 0.4) is 0 Å². The number of carbonyl (C=O) groups is 1. The first-order chi connectivity index (χ1) is 13.7. The van der Waals surface area contributed by atoms with Crippen LogP contribution in [0, 0.1) is 6.92 Å². The number of carbonyl (C=O) groups excluding carboxylic acids is 1. The smallest absolute Gasteiger partial charge is 0.244 e. The zero-order chi connectivity index (χ0) is 19.5. The third-order valence-electron chi connectivity index (χ3n) is 4.97. The van der Waals surface area contributed by atoms with Crippen LogP contribution >= 0.6 is 0 Å². The summed E-state index contributed by atoms with van der Waals surface area (Å²) in [6.45, 7) is 3.27. The van der Waals surface area contributed by atoms with Gasteiger partial charge in [-0.15, -0.1) is 0 Å². The van der Waals surface area contributed by atoms with E-state index in [1.165, 1.54) is 0 Å². The molecule has 7 nitrogen and oxygen atoms in total. The van der Waals surface area contributed by atoms with Gasteiger partial charge in [0, 0.05) is 43.4 Å². The molecule has 1 aliphatic rings. The van der Waals surface area contributed by atoms with Gasteiger partial charge in [-0.25, -0.2) is 4.98 Å². The first-order valence-electron chi connectivity index (χ1n) is 9.28. The fourth-order valence-electron chi connectivity index (χ4n) is 3.47. The molecule has 1 atom stereocenters. The van der Waals surface area contributed by atoms with Crippen molar-refractivity contribution in [1.82, 2.24) is 19.9 Å². The molecule has 3 heterocycles. The van der Waals surface area contributed by atoms with Crippen molar-refractivity contribution in [3.8, 4) is 11.4 Å². The van der Waals surface area contributed by atoms with Crippen LogP contribution in [0.5, 0.6) is 5.75 Å². The average molecular weight is 377 g/mol. The number of methoxy groups -OCH3 is 1. The van der Waals surface area contributed by atoms with E-state index in [1.807, 2.05) is 52.9 Å². The number of hydrogen-bond acceptors (Lipinski definition) is 5. The molecule has 1 unspecified atom stereocenters. The highest BCUT2D eigenvalue weighted by molar-refractivity contribution is 5.99. The van der Waals surface area contributed by atoms with Crippen molar-refractivity contribution in [2.24, 2.45) is 0 Å². The number of nitrogens with one attached hydrogen (secondary N) is 1. The Morgan fingerprint density at radius 2 is 2.07 bits per heavy atom. The van der Waals surface area contributed by atoms with E-state index in [-0.39, 0.29) is 11.9 Å². The first-order valence-corrected chi connectivity index (χ1v) is 9.28. The van der Waals surface area contributed by atoms with Gasteiger partial charge in [0.2, 0.25) is 5.91 Å². The number of benzene rings is 1. The van der Waals surface area contributed by atoms with Crippen molar-refractivity contribution in [2.75, 3.05) is 18.6 Å². The lowest BCUT2D eigenvalue weighted by Crippen LogP contribution is -2.38. The maximum Gasteiger partial charge on any atom is 0.244 e. The first kappa shape index (κ1) is 18.2. The highest BCUT2D eigenvalue weighted by Crippen LogP contribution is 2.31. The largest absolute Gasteiger partial charge is 0.494 e. The Bertz CT molecular complexity index is 970. The number of anilines is 1. The Labute approximate surface area is 164 Å². The van der Waals surface area contributed by atoms with Gasteiger partial charge in [-0.2, -0.15) is 0 Å². The topological polar surface area (TPSA) is 72.3 Å². The molecule has 1 amide bonds. The molecule has 1 fully saturated rings. The van der Waals surface area contributed by atoms with Gasteiger partial charge in [0.05, 0.1) is 30.9 Å². The van der Waals surface area contributed by atoms with Crippen LogP contribution in [0.25, 0.3) is 5.69 Å². The van der Waals surface area contributed by atoms with Crippen LogP contribution in [0.2, 0.25) is 0 Å². The van der Waals surface area contributed by atoms with Crippen LogP contribution in [0.15, 0.2) is 55.2 Å². The lowest BCUT2D eigenvalue weighted by Gasteiger charge is -2.19. The monoisotopic (exact) mass is 377 g/mol. The molecule has 0 radical (unpaired) electrons. The fraction of sp³-hybridized carbons (Fsp3) is 0.286. The Morgan fingerprint density at radius 3 is 2.79 bits per heavy atom. The highest BCUT2D eigenvalue weighted by Gasteiger charge is 2.32. The summed E-state index contributed by atoms with van der Waals surface area (Å²) in [6, 6.07) is 9.54. The third-order valence-corrected chi connectivity index (χ3v) is 4.97. The van der Waals surface area contributed by atoms with E-state index in [2.05, 4.69) is 15.3 Å². The molecule has 2 aromatic heterocycles. The molecule has 1 N–H and O–H groups in total. The summed E-state index contributed by atoms with van der Waals surface area (Å²) in [5, 5.41) is 3.35. The van der Waals surface area contributed by atoms with E-state index >= 15 is 0 Å². The maximum absolute atomic E-state index is 12.9. The van der Waals surface area contributed by atoms with Crippen LogP contribution in [0.4, 0.5) is 5.69 Å². The van der Waals surface area contributed by atoms with Gasteiger partial charge in [0.1, 0.15) is 5.75 Å². The molecular weight excluding hydrogens is 354 g/mol. The van der Waals surface area contributed by atoms with Crippen LogP contribution < -0.4 is 15.0 Å². The number of ether oxygens (including phenoxy) is 1. The molecule has 1 aromatic carbocycles. The van der Waals surface area contributed by atoms with Crippen molar-refractivity contribution >= 4 is 11.6 Å². The molecule has 28 heavy (non-hydrogen) atoms. The molecular formula is C21H23N5O2. The summed E-state index contributed by atoms with van der Waals surface area (Å²) in [4.78, 5) is 23.0. The van der Waals surface area contributed by atoms with Crippen molar-refractivity contribution in [1.29, 1.82) is 0 Å². The van der Waals surface area contributed by atoms with Gasteiger partial charge in [0.25, 0.3) is 0 Å². The van der Waals surface area contributed by atoms with Crippen LogP contribution in [0.1, 0.15) is 17.7 Å². The third kappa shape index (κ3) is 3.61. The summed E-state index contributed by atoms with van der Waals surface area (Å²) < 4.78 is 7.49. The second-order valence-electron chi connectivity index (χ2n) is 6.85. The van der Waals surface area contributed by atoms with Crippen molar-refractivity contribution in [3.05, 3.63) is 66.5 Å². The van der Waals surface area contributed by atoms with E-state index in [1.54, 1.807) is 25.8 Å². The number of amides is 1. The van der Waals surface area contributed by atoms with Gasteiger partial charge < -0.3 is 19.5 Å². The fourth-order valence-corrected chi connectivity index (χ4v) is 3.47. The number of pyridine rings is 1. The molecule has 3 aromatic rings. The van der Waals surface area contributed by atoms with Crippen molar-refractivity contribution in [2.45, 2.75) is 25.9 Å². The quantitative estimate of drug-likeness (QED) is 0.715. The second-order valence-corrected chi connectivity index (χ2v) is 6.85. The Hall–Kier alpha value is -3.19. The molecule has 4 rings (SSSR count). The molecule has 0 aliphatic carbocycles.